The van der Waals surface area contributed by atoms with Crippen molar-refractivity contribution in [2.75, 3.05) is 0 Å². The maximum Gasteiger partial charge on any atom is 0.135 e. The van der Waals surface area contributed by atoms with Crippen LogP contribution in [0.2, 0.25) is 0 Å². The molecule has 3 heteroatoms. The van der Waals surface area contributed by atoms with E-state index in [1.165, 1.54) is 10.8 Å². The van der Waals surface area contributed by atoms with E-state index >= 15 is 0 Å². The zero-order chi connectivity index (χ0) is 23.5. The SMILES string of the molecule is c1ccc2c(Oc3ccc(Sc4ccc(Oc5cccc6ccccc56)cc4)cc3)cccc2c1. The average molecular weight is 471 g/mol. The number of hydrogen-bond acceptors (Lipinski definition) is 3. The van der Waals surface area contributed by atoms with E-state index in [9.17, 15) is 0 Å². The lowest BCUT2D eigenvalue weighted by molar-refractivity contribution is 0.488. The molecule has 0 saturated carbocycles. The van der Waals surface area contributed by atoms with Gasteiger partial charge < -0.3 is 9.47 Å². The molecule has 0 aliphatic heterocycles. The Bertz CT molecular complexity index is 1470. The van der Waals surface area contributed by atoms with Crippen molar-refractivity contribution in [3.05, 3.63) is 133 Å². The van der Waals surface area contributed by atoms with Crippen LogP contribution in [0.15, 0.2) is 143 Å². The van der Waals surface area contributed by atoms with E-state index in [1.54, 1.807) is 11.8 Å². The van der Waals surface area contributed by atoms with E-state index in [2.05, 4.69) is 60.7 Å². The van der Waals surface area contributed by atoms with Crippen LogP contribution in [0.25, 0.3) is 21.5 Å². The topological polar surface area (TPSA) is 18.5 Å². The van der Waals surface area contributed by atoms with E-state index < -0.39 is 0 Å². The molecule has 0 aliphatic rings. The Morgan fingerprint density at radius 1 is 0.371 bits per heavy atom. The van der Waals surface area contributed by atoms with Crippen LogP contribution < -0.4 is 9.47 Å². The van der Waals surface area contributed by atoms with Gasteiger partial charge in [0.05, 0.1) is 0 Å². The van der Waals surface area contributed by atoms with Gasteiger partial charge in [-0.2, -0.15) is 0 Å². The van der Waals surface area contributed by atoms with Crippen molar-refractivity contribution in [2.45, 2.75) is 9.79 Å². The fourth-order valence-corrected chi connectivity index (χ4v) is 4.93. The zero-order valence-electron chi connectivity index (χ0n) is 18.9. The Hall–Kier alpha value is -4.21. The fraction of sp³-hybridized carbons (Fsp3) is 0. The summed E-state index contributed by atoms with van der Waals surface area (Å²) in [5, 5.41) is 4.56. The molecule has 2 nitrogen and oxygen atoms in total. The van der Waals surface area contributed by atoms with E-state index in [0.29, 0.717) is 0 Å². The van der Waals surface area contributed by atoms with Crippen molar-refractivity contribution < 1.29 is 9.47 Å². The predicted octanol–water partition coefficient (Wildman–Crippen LogP) is 9.73. The number of benzene rings is 6. The monoisotopic (exact) mass is 470 g/mol. The molecule has 0 amide bonds. The quantitative estimate of drug-likeness (QED) is 0.241. The molecule has 0 unspecified atom stereocenters. The zero-order valence-corrected chi connectivity index (χ0v) is 19.7. The lowest BCUT2D eigenvalue weighted by Gasteiger charge is -2.10. The largest absolute Gasteiger partial charge is 0.457 e. The van der Waals surface area contributed by atoms with Gasteiger partial charge in [-0.05, 0) is 71.4 Å². The Balaban J connectivity index is 1.13. The molecule has 0 N–H and O–H groups in total. The minimum atomic E-state index is 0.824. The molecule has 0 radical (unpaired) electrons. The van der Waals surface area contributed by atoms with Crippen LogP contribution in [0.1, 0.15) is 0 Å². The Kier molecular flexibility index (Phi) is 5.83. The fourth-order valence-electron chi connectivity index (χ4n) is 4.11. The molecule has 35 heavy (non-hydrogen) atoms. The van der Waals surface area contributed by atoms with Crippen molar-refractivity contribution >= 4 is 33.3 Å². The van der Waals surface area contributed by atoms with Gasteiger partial charge in [-0.1, -0.05) is 84.6 Å². The van der Waals surface area contributed by atoms with Gasteiger partial charge in [0.1, 0.15) is 23.0 Å². The number of fused-ring (bicyclic) bond motifs is 2. The van der Waals surface area contributed by atoms with Crippen molar-refractivity contribution in [1.29, 1.82) is 0 Å². The lowest BCUT2D eigenvalue weighted by Crippen LogP contribution is -1.86. The van der Waals surface area contributed by atoms with Crippen LogP contribution in [0.3, 0.4) is 0 Å². The minimum Gasteiger partial charge on any atom is -0.457 e. The Labute approximate surface area is 208 Å². The number of ether oxygens (including phenoxy) is 2. The molecular weight excluding hydrogens is 448 g/mol. The first-order valence-corrected chi connectivity index (χ1v) is 12.3. The molecule has 0 bridgehead atoms. The molecule has 0 saturated heterocycles. The highest BCUT2D eigenvalue weighted by molar-refractivity contribution is 7.99. The third-order valence-corrected chi connectivity index (χ3v) is 6.85. The highest BCUT2D eigenvalue weighted by Crippen LogP contribution is 2.35. The van der Waals surface area contributed by atoms with Crippen LogP contribution in [0.4, 0.5) is 0 Å². The summed E-state index contributed by atoms with van der Waals surface area (Å²) in [5.41, 5.74) is 0. The highest BCUT2D eigenvalue weighted by atomic mass is 32.2. The second-order valence-electron chi connectivity index (χ2n) is 8.20. The average Bonchev–Trinajstić information content (AvgIpc) is 2.91. The van der Waals surface area contributed by atoms with Gasteiger partial charge in [-0.15, -0.1) is 0 Å². The van der Waals surface area contributed by atoms with Crippen molar-refractivity contribution in [3.8, 4) is 23.0 Å². The third-order valence-electron chi connectivity index (χ3n) is 5.84. The summed E-state index contributed by atoms with van der Waals surface area (Å²) in [6, 6.07) is 45.2. The van der Waals surface area contributed by atoms with Crippen LogP contribution in [-0.2, 0) is 0 Å². The van der Waals surface area contributed by atoms with E-state index in [1.807, 2.05) is 72.8 Å². The van der Waals surface area contributed by atoms with Crippen molar-refractivity contribution in [3.63, 3.8) is 0 Å². The molecule has 0 aliphatic carbocycles. The van der Waals surface area contributed by atoms with Gasteiger partial charge in [0.15, 0.2) is 0 Å². The van der Waals surface area contributed by atoms with E-state index in [-0.39, 0.29) is 0 Å². The predicted molar refractivity (Wildman–Crippen MR) is 145 cm³/mol. The molecule has 0 heterocycles. The Morgan fingerprint density at radius 2 is 0.771 bits per heavy atom. The maximum atomic E-state index is 6.17. The second-order valence-corrected chi connectivity index (χ2v) is 9.35. The molecule has 6 rings (SSSR count). The van der Waals surface area contributed by atoms with Crippen LogP contribution in [-0.4, -0.2) is 0 Å². The molecule has 0 aromatic heterocycles. The molecule has 168 valence electrons. The summed E-state index contributed by atoms with van der Waals surface area (Å²) < 4.78 is 12.3. The summed E-state index contributed by atoms with van der Waals surface area (Å²) in [6.45, 7) is 0. The number of hydrogen-bond donors (Lipinski definition) is 0. The lowest BCUT2D eigenvalue weighted by atomic mass is 10.1. The molecule has 6 aromatic carbocycles. The summed E-state index contributed by atoms with van der Waals surface area (Å²) in [7, 11) is 0. The van der Waals surface area contributed by atoms with Gasteiger partial charge in [0.25, 0.3) is 0 Å². The molecule has 0 atom stereocenters. The molecular formula is C32H22O2S. The summed E-state index contributed by atoms with van der Waals surface area (Å²) >= 11 is 1.71. The second kappa shape index (κ2) is 9.57. The van der Waals surface area contributed by atoms with Crippen LogP contribution >= 0.6 is 11.8 Å². The first-order chi connectivity index (χ1) is 17.3. The van der Waals surface area contributed by atoms with Gasteiger partial charge in [-0.3, -0.25) is 0 Å². The van der Waals surface area contributed by atoms with Crippen molar-refractivity contribution in [2.24, 2.45) is 0 Å². The van der Waals surface area contributed by atoms with E-state index in [4.69, 9.17) is 9.47 Å². The smallest absolute Gasteiger partial charge is 0.135 e. The summed E-state index contributed by atoms with van der Waals surface area (Å²) in [5.74, 6) is 3.38. The first kappa shape index (κ1) is 21.3. The molecule has 6 aromatic rings. The van der Waals surface area contributed by atoms with Gasteiger partial charge >= 0.3 is 0 Å². The third kappa shape index (κ3) is 4.72. The highest BCUT2D eigenvalue weighted by Gasteiger charge is 2.06. The van der Waals surface area contributed by atoms with Crippen molar-refractivity contribution in [1.82, 2.24) is 0 Å². The van der Waals surface area contributed by atoms with Gasteiger partial charge in [-0.25, -0.2) is 0 Å². The molecule has 0 spiro atoms. The molecule has 0 fully saturated rings. The first-order valence-electron chi connectivity index (χ1n) is 11.5. The standard InChI is InChI=1S/C32H22O2S/c1-3-11-29-23(7-1)9-5-13-31(29)33-25-15-19-27(20-16-25)35-28-21-17-26(18-22-28)34-32-14-6-10-24-8-2-4-12-30(24)32/h1-22H. The Morgan fingerprint density at radius 3 is 1.23 bits per heavy atom. The van der Waals surface area contributed by atoms with Crippen LogP contribution in [0, 0.1) is 0 Å². The van der Waals surface area contributed by atoms with Gasteiger partial charge in [0, 0.05) is 20.6 Å². The van der Waals surface area contributed by atoms with E-state index in [0.717, 1.165) is 43.6 Å². The minimum absolute atomic E-state index is 0.824. The summed E-state index contributed by atoms with van der Waals surface area (Å²) in [6.07, 6.45) is 0. The van der Waals surface area contributed by atoms with Gasteiger partial charge in [0.2, 0.25) is 0 Å². The maximum absolute atomic E-state index is 6.17. The summed E-state index contributed by atoms with van der Waals surface area (Å²) in [4.78, 5) is 2.30. The number of rotatable bonds is 6. The normalized spacial score (nSPS) is 11.0. The van der Waals surface area contributed by atoms with Crippen LogP contribution in [0.5, 0.6) is 23.0 Å².